The largest absolute Gasteiger partial charge is 0.479 e. The summed E-state index contributed by atoms with van der Waals surface area (Å²) in [4.78, 5) is 51.2. The van der Waals surface area contributed by atoms with Gasteiger partial charge in [-0.3, -0.25) is 14.4 Å². The third kappa shape index (κ3) is 43.4. The Hall–Kier alpha value is -5.14. The predicted octanol–water partition coefficient (Wildman–Crippen LogP) is 15.8. The molecule has 0 amide bonds. The number of rotatable bonds is 49. The number of aliphatic carboxylic acids is 1. The van der Waals surface area contributed by atoms with E-state index in [1.54, 1.807) is 0 Å². The Balaban J connectivity index is 2.76. The molecule has 12 heteroatoms. The smallest absolute Gasteiger partial charge is 0.335 e. The minimum absolute atomic E-state index is 0.0335. The van der Waals surface area contributed by atoms with Crippen molar-refractivity contribution in [3.8, 4) is 0 Å². The highest BCUT2D eigenvalue weighted by atomic mass is 16.7. The molecule has 6 unspecified atom stereocenters. The average molecular weight is 1100 g/mol. The van der Waals surface area contributed by atoms with Gasteiger partial charge in [0.2, 0.25) is 0 Å². The van der Waals surface area contributed by atoms with E-state index < -0.39 is 67.3 Å². The van der Waals surface area contributed by atoms with Crippen molar-refractivity contribution in [2.24, 2.45) is 0 Å². The van der Waals surface area contributed by atoms with Gasteiger partial charge in [-0.15, -0.1) is 0 Å². The molecule has 0 saturated carbocycles. The first-order chi connectivity index (χ1) is 38.6. The molecule has 0 spiro atoms. The maximum Gasteiger partial charge on any atom is 0.335 e. The number of carboxylic acids is 1. The van der Waals surface area contributed by atoms with Crippen molar-refractivity contribution in [1.29, 1.82) is 0 Å². The summed E-state index contributed by atoms with van der Waals surface area (Å²) in [5.41, 5.74) is 0. The Morgan fingerprint density at radius 3 is 1.28 bits per heavy atom. The summed E-state index contributed by atoms with van der Waals surface area (Å²) < 4.78 is 28.3. The van der Waals surface area contributed by atoms with E-state index in [9.17, 15) is 34.5 Å². The molecule has 0 aromatic carbocycles. The maximum absolute atomic E-state index is 13.1. The summed E-state index contributed by atoms with van der Waals surface area (Å²) >= 11 is 0. The van der Waals surface area contributed by atoms with Gasteiger partial charge in [0.15, 0.2) is 24.6 Å². The van der Waals surface area contributed by atoms with Gasteiger partial charge in [0.25, 0.3) is 0 Å². The molecule has 0 aromatic heterocycles. The van der Waals surface area contributed by atoms with Crippen molar-refractivity contribution in [2.75, 3.05) is 13.2 Å². The van der Waals surface area contributed by atoms with Gasteiger partial charge in [-0.2, -0.15) is 0 Å². The van der Waals surface area contributed by atoms with Crippen LogP contribution in [0.4, 0.5) is 0 Å². The van der Waals surface area contributed by atoms with Gasteiger partial charge in [-0.05, 0) is 128 Å². The molecule has 79 heavy (non-hydrogen) atoms. The van der Waals surface area contributed by atoms with Crippen LogP contribution in [0.3, 0.4) is 0 Å². The molecular formula is C67H104O12. The monoisotopic (exact) mass is 1100 g/mol. The molecule has 3 N–H and O–H groups in total. The highest BCUT2D eigenvalue weighted by molar-refractivity contribution is 5.74. The van der Waals surface area contributed by atoms with E-state index in [0.29, 0.717) is 25.7 Å². The lowest BCUT2D eigenvalue weighted by atomic mass is 9.98. The molecule has 1 aliphatic rings. The third-order valence-corrected chi connectivity index (χ3v) is 12.7. The molecule has 6 atom stereocenters. The van der Waals surface area contributed by atoms with Gasteiger partial charge in [0.1, 0.15) is 18.8 Å². The topological polar surface area (TPSA) is 175 Å². The molecule has 0 aromatic rings. The summed E-state index contributed by atoms with van der Waals surface area (Å²) in [6, 6.07) is 0. The van der Waals surface area contributed by atoms with Crippen molar-refractivity contribution < 1.29 is 58.2 Å². The average Bonchev–Trinajstić information content (AvgIpc) is 3.47. The maximum atomic E-state index is 13.1. The molecule has 444 valence electrons. The van der Waals surface area contributed by atoms with Gasteiger partial charge < -0.3 is 39.0 Å². The van der Waals surface area contributed by atoms with Crippen LogP contribution in [-0.4, -0.2) is 89.2 Å². The first-order valence-corrected chi connectivity index (χ1v) is 30.2. The zero-order chi connectivity index (χ0) is 57.5. The van der Waals surface area contributed by atoms with E-state index in [4.69, 9.17) is 23.7 Å². The normalized spacial score (nSPS) is 18.8. The Bertz CT molecular complexity index is 1880. The third-order valence-electron chi connectivity index (χ3n) is 12.7. The van der Waals surface area contributed by atoms with E-state index >= 15 is 0 Å². The zero-order valence-corrected chi connectivity index (χ0v) is 48.8. The van der Waals surface area contributed by atoms with Crippen LogP contribution >= 0.6 is 0 Å². The van der Waals surface area contributed by atoms with Crippen LogP contribution in [0.5, 0.6) is 0 Å². The number of ether oxygens (including phenoxy) is 5. The Morgan fingerprint density at radius 2 is 0.810 bits per heavy atom. The highest BCUT2D eigenvalue weighted by Gasteiger charge is 2.50. The van der Waals surface area contributed by atoms with Gasteiger partial charge >= 0.3 is 23.9 Å². The highest BCUT2D eigenvalue weighted by Crippen LogP contribution is 2.26. The van der Waals surface area contributed by atoms with Gasteiger partial charge in [-0.25, -0.2) is 4.79 Å². The van der Waals surface area contributed by atoms with E-state index in [1.165, 1.54) is 19.3 Å². The van der Waals surface area contributed by atoms with Gasteiger partial charge in [0.05, 0.1) is 6.61 Å². The zero-order valence-electron chi connectivity index (χ0n) is 48.8. The fourth-order valence-electron chi connectivity index (χ4n) is 8.13. The lowest BCUT2D eigenvalue weighted by molar-refractivity contribution is -0.301. The molecule has 1 fully saturated rings. The van der Waals surface area contributed by atoms with E-state index in [0.717, 1.165) is 128 Å². The van der Waals surface area contributed by atoms with Crippen molar-refractivity contribution in [2.45, 2.75) is 250 Å². The molecule has 0 bridgehead atoms. The number of allylic oxidation sites excluding steroid dienone is 22. The van der Waals surface area contributed by atoms with Gasteiger partial charge in [-0.1, -0.05) is 199 Å². The van der Waals surface area contributed by atoms with Crippen LogP contribution in [0.2, 0.25) is 0 Å². The minimum atomic E-state index is -1.93. The second kappa shape index (κ2) is 53.5. The summed E-state index contributed by atoms with van der Waals surface area (Å²) in [5, 5.41) is 31.5. The molecule has 1 saturated heterocycles. The van der Waals surface area contributed by atoms with Crippen LogP contribution in [0.25, 0.3) is 0 Å². The quantitative estimate of drug-likeness (QED) is 0.0228. The van der Waals surface area contributed by atoms with Crippen molar-refractivity contribution in [1.82, 2.24) is 0 Å². The first-order valence-electron chi connectivity index (χ1n) is 30.2. The molecule has 1 heterocycles. The molecular weight excluding hydrogens is 997 g/mol. The standard InChI is InChI=1S/C67H104O12/c1-4-7-10-13-16-19-22-25-28-30-33-35-38-41-44-47-50-53-59(68)75-56-58(77-60(69)54-51-48-45-42-39-36-32-27-24-21-18-15-12-9-6-3)57-76-67-65(63(72)62(71)64(79-67)66(73)74)78-61(70)55-52-49-46-43-40-37-34-31-29-26-23-20-17-14-11-8-5-2/h7,9-10,12,16-21,25-29,32-33,35,39,41-42,44,58,62-65,67,71-72H,4-6,8,11,13-15,22-24,30-31,34,36-38,40,43,45-57H2,1-3H3,(H,73,74)/b10-7-,12-9-,19-16-,20-17-,21-18-,28-25-,29-26-,32-27-,35-33-,42-39-,44-41-. The van der Waals surface area contributed by atoms with Crippen LogP contribution in [0, 0.1) is 0 Å². The Kier molecular flexibility index (Phi) is 48.7. The number of carboxylic acid groups (broad SMARTS) is 1. The van der Waals surface area contributed by atoms with E-state index in [1.807, 2.05) is 6.08 Å². The Labute approximate surface area is 477 Å². The van der Waals surface area contributed by atoms with Crippen molar-refractivity contribution >= 4 is 23.9 Å². The second-order valence-electron chi connectivity index (χ2n) is 19.9. The number of unbranched alkanes of at least 4 members (excludes halogenated alkanes) is 13. The SMILES string of the molecule is CC/C=C\C/C=C\C/C=C\C/C=C\C/C=C\CCCC(=O)OCC(COC1OC(C(=O)O)C(O)C(O)C1OC(=O)CCCCCCCCC/C=C\C/C=C\CCCCC)OC(=O)CCCC/C=C\C/C=C\C/C=C\C/C=C\CC. The first kappa shape index (κ1) is 71.9. The van der Waals surface area contributed by atoms with Gasteiger partial charge in [0, 0.05) is 19.3 Å². The number of aliphatic hydroxyl groups is 2. The fraction of sp³-hybridized carbons (Fsp3) is 0.612. The Morgan fingerprint density at radius 1 is 0.430 bits per heavy atom. The molecule has 12 nitrogen and oxygen atoms in total. The van der Waals surface area contributed by atoms with E-state index in [2.05, 4.69) is 148 Å². The van der Waals surface area contributed by atoms with Crippen LogP contribution in [0.15, 0.2) is 134 Å². The number of carbonyl (C=O) groups excluding carboxylic acids is 3. The fourth-order valence-corrected chi connectivity index (χ4v) is 8.13. The van der Waals surface area contributed by atoms with Crippen LogP contribution < -0.4 is 0 Å². The summed E-state index contributed by atoms with van der Waals surface area (Å²) in [7, 11) is 0. The lowest BCUT2D eigenvalue weighted by Crippen LogP contribution is -2.61. The predicted molar refractivity (Wildman–Crippen MR) is 321 cm³/mol. The number of hydrogen-bond donors (Lipinski definition) is 3. The number of aliphatic hydroxyl groups excluding tert-OH is 2. The molecule has 1 rings (SSSR count). The number of esters is 3. The molecule has 0 radical (unpaired) electrons. The lowest BCUT2D eigenvalue weighted by Gasteiger charge is -2.40. The number of carbonyl (C=O) groups is 4. The van der Waals surface area contributed by atoms with Crippen LogP contribution in [-0.2, 0) is 42.9 Å². The summed E-state index contributed by atoms with van der Waals surface area (Å²) in [6.45, 7) is 5.64. The summed E-state index contributed by atoms with van der Waals surface area (Å²) in [5.74, 6) is -3.29. The van der Waals surface area contributed by atoms with Crippen molar-refractivity contribution in [3.63, 3.8) is 0 Å². The second-order valence-corrected chi connectivity index (χ2v) is 19.9. The molecule has 0 aliphatic carbocycles. The number of hydrogen-bond acceptors (Lipinski definition) is 11. The summed E-state index contributed by atoms with van der Waals surface area (Å²) in [6.07, 6.45) is 62.8. The van der Waals surface area contributed by atoms with Crippen molar-refractivity contribution in [3.05, 3.63) is 134 Å². The molecule has 1 aliphatic heterocycles. The van der Waals surface area contributed by atoms with Crippen LogP contribution in [0.1, 0.15) is 213 Å². The minimum Gasteiger partial charge on any atom is -0.479 e. The van der Waals surface area contributed by atoms with E-state index in [-0.39, 0.29) is 25.9 Å².